The van der Waals surface area contributed by atoms with Crippen molar-refractivity contribution in [2.75, 3.05) is 5.32 Å². The molecule has 2 nitrogen and oxygen atoms in total. The maximum Gasteiger partial charge on any atom is 0.255 e. The molecule has 18 heavy (non-hydrogen) atoms. The molecule has 0 spiro atoms. The molecule has 0 aliphatic carbocycles. The van der Waals surface area contributed by atoms with Gasteiger partial charge in [-0.05, 0) is 30.3 Å². The van der Waals surface area contributed by atoms with Crippen molar-refractivity contribution in [1.29, 1.82) is 0 Å². The number of nitrogens with one attached hydrogen (secondary N) is 1. The molecule has 0 atom stereocenters. The zero-order valence-corrected chi connectivity index (χ0v) is 9.08. The van der Waals surface area contributed by atoms with Crippen molar-refractivity contribution < 1.29 is 18.0 Å². The third-order valence-corrected chi connectivity index (χ3v) is 2.30. The molecule has 0 aromatic heterocycles. The Labute approximate surface area is 101 Å². The topological polar surface area (TPSA) is 29.1 Å². The van der Waals surface area contributed by atoms with E-state index in [2.05, 4.69) is 5.32 Å². The van der Waals surface area contributed by atoms with Crippen LogP contribution in [0.3, 0.4) is 0 Å². The molecule has 2 rings (SSSR count). The molecular formula is C13H8F3NO. The van der Waals surface area contributed by atoms with Crippen LogP contribution >= 0.6 is 0 Å². The zero-order valence-electron chi connectivity index (χ0n) is 9.08. The molecule has 1 amide bonds. The monoisotopic (exact) mass is 251 g/mol. The van der Waals surface area contributed by atoms with Crippen LogP contribution in [0.25, 0.3) is 0 Å². The van der Waals surface area contributed by atoms with E-state index in [0.717, 1.165) is 18.2 Å². The Bertz CT molecular complexity index is 599. The molecule has 0 bridgehead atoms. The van der Waals surface area contributed by atoms with Gasteiger partial charge in [-0.1, -0.05) is 12.1 Å². The number of halogens is 3. The maximum absolute atomic E-state index is 13.3. The molecule has 0 saturated heterocycles. The van der Waals surface area contributed by atoms with E-state index in [4.69, 9.17) is 0 Å². The van der Waals surface area contributed by atoms with Crippen LogP contribution in [0.15, 0.2) is 42.5 Å². The van der Waals surface area contributed by atoms with Gasteiger partial charge in [0.1, 0.15) is 5.82 Å². The SMILES string of the molecule is O=C(Nc1ccccc1F)c1ccc(F)c(F)c1. The molecule has 0 aliphatic heterocycles. The molecule has 0 aliphatic rings. The first-order valence-corrected chi connectivity index (χ1v) is 5.09. The quantitative estimate of drug-likeness (QED) is 0.871. The molecule has 2 aromatic carbocycles. The van der Waals surface area contributed by atoms with Crippen LogP contribution in [0.1, 0.15) is 10.4 Å². The second-order valence-corrected chi connectivity index (χ2v) is 3.56. The standard InChI is InChI=1S/C13H8F3NO/c14-9-6-5-8(7-11(9)16)13(18)17-12-4-2-1-3-10(12)15/h1-7H,(H,17,18). The number of anilines is 1. The number of carbonyl (C=O) groups is 1. The van der Waals surface area contributed by atoms with E-state index in [1.54, 1.807) is 6.07 Å². The normalized spacial score (nSPS) is 10.2. The van der Waals surface area contributed by atoms with Crippen molar-refractivity contribution in [3.05, 3.63) is 65.5 Å². The zero-order chi connectivity index (χ0) is 13.1. The number of carbonyl (C=O) groups excluding carboxylic acids is 1. The van der Waals surface area contributed by atoms with E-state index in [0.29, 0.717) is 0 Å². The van der Waals surface area contributed by atoms with Crippen LogP contribution in [0.5, 0.6) is 0 Å². The number of hydrogen-bond donors (Lipinski definition) is 1. The molecule has 2 aromatic rings. The number of hydrogen-bond acceptors (Lipinski definition) is 1. The van der Waals surface area contributed by atoms with E-state index in [9.17, 15) is 18.0 Å². The van der Waals surface area contributed by atoms with Gasteiger partial charge in [-0.3, -0.25) is 4.79 Å². The lowest BCUT2D eigenvalue weighted by atomic mass is 10.2. The minimum Gasteiger partial charge on any atom is -0.319 e. The van der Waals surface area contributed by atoms with E-state index >= 15 is 0 Å². The lowest BCUT2D eigenvalue weighted by Gasteiger charge is -2.06. The summed E-state index contributed by atoms with van der Waals surface area (Å²) in [6, 6.07) is 8.28. The Morgan fingerprint density at radius 1 is 0.889 bits per heavy atom. The van der Waals surface area contributed by atoms with E-state index in [1.807, 2.05) is 0 Å². The average molecular weight is 251 g/mol. The van der Waals surface area contributed by atoms with E-state index < -0.39 is 23.4 Å². The van der Waals surface area contributed by atoms with Crippen molar-refractivity contribution >= 4 is 11.6 Å². The van der Waals surface area contributed by atoms with Crippen molar-refractivity contribution in [3.63, 3.8) is 0 Å². The second kappa shape index (κ2) is 4.91. The summed E-state index contributed by atoms with van der Waals surface area (Å²) in [6.07, 6.45) is 0. The van der Waals surface area contributed by atoms with Gasteiger partial charge in [0.25, 0.3) is 5.91 Å². The maximum atomic E-state index is 13.3. The minimum atomic E-state index is -1.13. The summed E-state index contributed by atoms with van der Waals surface area (Å²) in [5.74, 6) is -3.49. The molecule has 0 radical (unpaired) electrons. The van der Waals surface area contributed by atoms with Gasteiger partial charge < -0.3 is 5.32 Å². The van der Waals surface area contributed by atoms with Gasteiger partial charge in [-0.15, -0.1) is 0 Å². The molecular weight excluding hydrogens is 243 g/mol. The van der Waals surface area contributed by atoms with Gasteiger partial charge in [0.15, 0.2) is 11.6 Å². The third kappa shape index (κ3) is 2.51. The highest BCUT2D eigenvalue weighted by Crippen LogP contribution is 2.15. The predicted octanol–water partition coefficient (Wildman–Crippen LogP) is 3.36. The Kier molecular flexibility index (Phi) is 3.32. The summed E-state index contributed by atoms with van der Waals surface area (Å²) in [7, 11) is 0. The van der Waals surface area contributed by atoms with E-state index in [1.165, 1.54) is 18.2 Å². The molecule has 1 N–H and O–H groups in total. The summed E-state index contributed by atoms with van der Waals surface area (Å²) in [5, 5.41) is 2.27. The molecule has 0 heterocycles. The van der Waals surface area contributed by atoms with Gasteiger partial charge in [-0.25, -0.2) is 13.2 Å². The summed E-state index contributed by atoms with van der Waals surface area (Å²) in [6.45, 7) is 0. The Balaban J connectivity index is 2.22. The highest BCUT2D eigenvalue weighted by Gasteiger charge is 2.11. The number of benzene rings is 2. The molecule has 92 valence electrons. The van der Waals surface area contributed by atoms with Gasteiger partial charge in [-0.2, -0.15) is 0 Å². The molecule has 0 saturated carbocycles. The van der Waals surface area contributed by atoms with E-state index in [-0.39, 0.29) is 11.3 Å². The first kappa shape index (κ1) is 12.2. The third-order valence-electron chi connectivity index (χ3n) is 2.30. The summed E-state index contributed by atoms with van der Waals surface area (Å²) in [5.41, 5.74) is -0.107. The fourth-order valence-electron chi connectivity index (χ4n) is 1.39. The van der Waals surface area contributed by atoms with Crippen molar-refractivity contribution in [3.8, 4) is 0 Å². The molecule has 5 heteroatoms. The van der Waals surface area contributed by atoms with Crippen LogP contribution in [0, 0.1) is 17.5 Å². The highest BCUT2D eigenvalue weighted by molar-refractivity contribution is 6.04. The van der Waals surface area contributed by atoms with Crippen molar-refractivity contribution in [1.82, 2.24) is 0 Å². The summed E-state index contributed by atoms with van der Waals surface area (Å²) < 4.78 is 38.9. The smallest absolute Gasteiger partial charge is 0.255 e. The van der Waals surface area contributed by atoms with Gasteiger partial charge in [0.05, 0.1) is 5.69 Å². The molecule has 0 unspecified atom stereocenters. The first-order valence-electron chi connectivity index (χ1n) is 5.09. The number of amides is 1. The van der Waals surface area contributed by atoms with Gasteiger partial charge in [0, 0.05) is 5.56 Å². The van der Waals surface area contributed by atoms with Crippen LogP contribution in [-0.4, -0.2) is 5.91 Å². The average Bonchev–Trinajstić information content (AvgIpc) is 2.35. The Hall–Kier alpha value is -2.30. The minimum absolute atomic E-state index is 0.0211. The second-order valence-electron chi connectivity index (χ2n) is 3.56. The van der Waals surface area contributed by atoms with Crippen molar-refractivity contribution in [2.24, 2.45) is 0 Å². The van der Waals surface area contributed by atoms with Crippen LogP contribution in [0.4, 0.5) is 18.9 Å². The summed E-state index contributed by atoms with van der Waals surface area (Å²) >= 11 is 0. The Morgan fingerprint density at radius 2 is 1.61 bits per heavy atom. The van der Waals surface area contributed by atoms with Gasteiger partial charge >= 0.3 is 0 Å². The first-order chi connectivity index (χ1) is 8.58. The summed E-state index contributed by atoms with van der Waals surface area (Å²) in [4.78, 5) is 11.7. The van der Waals surface area contributed by atoms with Gasteiger partial charge in [0.2, 0.25) is 0 Å². The predicted molar refractivity (Wildman–Crippen MR) is 60.7 cm³/mol. The van der Waals surface area contributed by atoms with Crippen LogP contribution < -0.4 is 5.32 Å². The largest absolute Gasteiger partial charge is 0.319 e. The fourth-order valence-corrected chi connectivity index (χ4v) is 1.39. The van der Waals surface area contributed by atoms with Crippen LogP contribution in [0.2, 0.25) is 0 Å². The lowest BCUT2D eigenvalue weighted by molar-refractivity contribution is 0.102. The van der Waals surface area contributed by atoms with Crippen LogP contribution in [-0.2, 0) is 0 Å². The molecule has 0 fully saturated rings. The Morgan fingerprint density at radius 3 is 2.28 bits per heavy atom. The number of rotatable bonds is 2. The van der Waals surface area contributed by atoms with Crippen molar-refractivity contribution in [2.45, 2.75) is 0 Å². The number of para-hydroxylation sites is 1. The fraction of sp³-hybridized carbons (Fsp3) is 0. The highest BCUT2D eigenvalue weighted by atomic mass is 19.2. The lowest BCUT2D eigenvalue weighted by Crippen LogP contribution is -2.13.